The molecule has 0 aliphatic heterocycles. The Morgan fingerprint density at radius 3 is 2.19 bits per heavy atom. The second kappa shape index (κ2) is 11.7. The Morgan fingerprint density at radius 2 is 1.76 bits per heavy atom. The number of carboxylic acid groups (broad SMARTS) is 2. The van der Waals surface area contributed by atoms with Crippen LogP contribution in [-0.2, 0) is 19.2 Å². The van der Waals surface area contributed by atoms with Crippen molar-refractivity contribution in [3.63, 3.8) is 0 Å². The first-order chi connectivity index (χ1) is 9.27. The van der Waals surface area contributed by atoms with Crippen LogP contribution in [0.2, 0.25) is 0 Å². The van der Waals surface area contributed by atoms with Gasteiger partial charge in [0.05, 0.1) is 0 Å². The van der Waals surface area contributed by atoms with Crippen molar-refractivity contribution in [3.8, 4) is 0 Å². The van der Waals surface area contributed by atoms with Crippen LogP contribution in [-0.4, -0.2) is 85.6 Å². The van der Waals surface area contributed by atoms with E-state index in [2.05, 4.69) is 23.3 Å². The van der Waals surface area contributed by atoms with Crippen molar-refractivity contribution in [2.24, 2.45) is 5.73 Å². The molecule has 6 N–H and O–H groups in total. The van der Waals surface area contributed by atoms with Gasteiger partial charge < -0.3 is 26.6 Å². The van der Waals surface area contributed by atoms with Crippen molar-refractivity contribution in [1.82, 2.24) is 10.6 Å². The van der Waals surface area contributed by atoms with Crippen LogP contribution in [0.15, 0.2) is 0 Å². The van der Waals surface area contributed by atoms with Crippen LogP contribution in [0, 0.1) is 0 Å². The summed E-state index contributed by atoms with van der Waals surface area (Å²) in [6.45, 7) is -0.567. The molecule has 0 heterocycles. The van der Waals surface area contributed by atoms with Gasteiger partial charge in [-0.1, -0.05) is 0 Å². The zero-order chi connectivity index (χ0) is 15.7. The molecule has 0 rings (SSSR count). The maximum atomic E-state index is 11.5. The predicted octanol–water partition coefficient (Wildman–Crippen LogP) is -3.12. The Hall–Kier alpha value is -0.888. The standard InChI is InChI=1S/C10H17N3O6S.Pb.2H/c11-5(10(18)19)1-2-7(14)13-6(4-20)9(17)12-3-8(15)16;;;/h5-6,20H,1-4,11H2,(H,12,17)(H,13,14)(H,15,16)(H,18,19);;;/t5-,6-;;;/m0.../s1. The molecule has 0 fully saturated rings. The third kappa shape index (κ3) is 10.5. The van der Waals surface area contributed by atoms with E-state index in [0.717, 1.165) is 0 Å². The number of nitrogens with one attached hydrogen (secondary N) is 2. The quantitative estimate of drug-likeness (QED) is 0.140. The molecule has 0 bridgehead atoms. The van der Waals surface area contributed by atoms with Crippen molar-refractivity contribution in [3.05, 3.63) is 0 Å². The average Bonchev–Trinajstić information content (AvgIpc) is 2.38. The number of rotatable bonds is 9. The van der Waals surface area contributed by atoms with Crippen molar-refractivity contribution < 1.29 is 29.4 Å². The molecule has 0 saturated heterocycles. The van der Waals surface area contributed by atoms with E-state index >= 15 is 0 Å². The van der Waals surface area contributed by atoms with E-state index in [1.807, 2.05) is 0 Å². The molecule has 2 atom stereocenters. The molecule has 0 saturated carbocycles. The molecule has 2 amide bonds. The van der Waals surface area contributed by atoms with Gasteiger partial charge in [0, 0.05) is 12.2 Å². The number of carbonyl (C=O) groups is 4. The molecule has 0 spiro atoms. The average molecular weight is 517 g/mol. The number of hydrogen-bond acceptors (Lipinski definition) is 6. The van der Waals surface area contributed by atoms with Crippen LogP contribution >= 0.6 is 12.6 Å². The molecule has 0 aliphatic carbocycles. The maximum absolute atomic E-state index is 11.5. The number of aliphatic carboxylic acids is 2. The van der Waals surface area contributed by atoms with Gasteiger partial charge in [-0.2, -0.15) is 12.6 Å². The van der Waals surface area contributed by atoms with Gasteiger partial charge in [0.15, 0.2) is 0 Å². The van der Waals surface area contributed by atoms with Crippen LogP contribution < -0.4 is 16.4 Å². The molecule has 21 heavy (non-hydrogen) atoms. The third-order valence-corrected chi connectivity index (χ3v) is 2.61. The van der Waals surface area contributed by atoms with Gasteiger partial charge in [0.2, 0.25) is 11.8 Å². The molecule has 120 valence electrons. The fourth-order valence-electron chi connectivity index (χ4n) is 1.16. The van der Waals surface area contributed by atoms with Crippen molar-refractivity contribution >= 4 is 63.7 Å². The van der Waals surface area contributed by atoms with Gasteiger partial charge in [-0.25, -0.2) is 0 Å². The van der Waals surface area contributed by atoms with Crippen LogP contribution in [0.3, 0.4) is 0 Å². The monoisotopic (exact) mass is 517 g/mol. The van der Waals surface area contributed by atoms with Gasteiger partial charge in [-0.15, -0.1) is 0 Å². The SMILES string of the molecule is N[C@@H](CCC(=O)N[C@@H](CS)C(=O)NCC(=O)O)C(=O)O.[PbH2]. The zero-order valence-corrected chi connectivity index (χ0v) is 17.6. The van der Waals surface area contributed by atoms with Gasteiger partial charge in [-0.05, 0) is 6.42 Å². The summed E-state index contributed by atoms with van der Waals surface area (Å²) in [6, 6.07) is -2.15. The molecule has 9 nitrogen and oxygen atoms in total. The topological polar surface area (TPSA) is 159 Å². The Bertz CT molecular complexity index is 395. The Kier molecular flexibility index (Phi) is 12.5. The Labute approximate surface area is 146 Å². The van der Waals surface area contributed by atoms with E-state index in [0.29, 0.717) is 0 Å². The summed E-state index contributed by atoms with van der Waals surface area (Å²) in [5, 5.41) is 21.4. The van der Waals surface area contributed by atoms with Crippen LogP contribution in [0.4, 0.5) is 0 Å². The molecule has 0 aromatic carbocycles. The van der Waals surface area contributed by atoms with E-state index in [-0.39, 0.29) is 45.9 Å². The van der Waals surface area contributed by atoms with Gasteiger partial charge in [-0.3, -0.25) is 19.2 Å². The number of amides is 2. The van der Waals surface area contributed by atoms with E-state index in [9.17, 15) is 19.2 Å². The van der Waals surface area contributed by atoms with E-state index < -0.39 is 42.4 Å². The number of thiol groups is 1. The van der Waals surface area contributed by atoms with E-state index in [4.69, 9.17) is 15.9 Å². The fraction of sp³-hybridized carbons (Fsp3) is 0.600. The molecule has 0 aromatic rings. The molecule has 0 aromatic heterocycles. The van der Waals surface area contributed by atoms with Crippen molar-refractivity contribution in [2.45, 2.75) is 24.9 Å². The molecular weight excluding hydrogens is 497 g/mol. The molecule has 0 aliphatic rings. The molecular formula is C10H19N3O6PbS. The predicted molar refractivity (Wildman–Crippen MR) is 79.8 cm³/mol. The van der Waals surface area contributed by atoms with Crippen molar-refractivity contribution in [2.75, 3.05) is 12.3 Å². The van der Waals surface area contributed by atoms with Crippen LogP contribution in [0.25, 0.3) is 0 Å². The second-order valence-electron chi connectivity index (χ2n) is 3.90. The normalized spacial score (nSPS) is 12.5. The Balaban J connectivity index is 0. The number of nitrogens with two attached hydrogens (primary N) is 1. The number of carboxylic acids is 2. The molecule has 2 radical (unpaired) electrons. The van der Waals surface area contributed by atoms with Crippen LogP contribution in [0.5, 0.6) is 0 Å². The first-order valence-corrected chi connectivity index (χ1v) is 6.29. The first kappa shape index (κ1) is 22.4. The van der Waals surface area contributed by atoms with Crippen LogP contribution in [0.1, 0.15) is 12.8 Å². The van der Waals surface area contributed by atoms with Gasteiger partial charge >= 0.3 is 39.2 Å². The molecule has 0 unspecified atom stereocenters. The zero-order valence-electron chi connectivity index (χ0n) is 11.2. The number of carbonyl (C=O) groups excluding carboxylic acids is 2. The minimum absolute atomic E-state index is 0. The van der Waals surface area contributed by atoms with Gasteiger partial charge in [0.25, 0.3) is 0 Å². The third-order valence-electron chi connectivity index (χ3n) is 2.25. The summed E-state index contributed by atoms with van der Waals surface area (Å²) in [7, 11) is 0. The van der Waals surface area contributed by atoms with Gasteiger partial charge in [0.1, 0.15) is 18.6 Å². The minimum atomic E-state index is -1.22. The number of hydrogen-bond donors (Lipinski definition) is 6. The summed E-state index contributed by atoms with van der Waals surface area (Å²) >= 11 is 3.87. The summed E-state index contributed by atoms with van der Waals surface area (Å²) in [4.78, 5) is 43.7. The summed E-state index contributed by atoms with van der Waals surface area (Å²) < 4.78 is 0. The fourth-order valence-corrected chi connectivity index (χ4v) is 1.41. The van der Waals surface area contributed by atoms with E-state index in [1.54, 1.807) is 0 Å². The van der Waals surface area contributed by atoms with E-state index in [1.165, 1.54) is 0 Å². The van der Waals surface area contributed by atoms with Crippen molar-refractivity contribution in [1.29, 1.82) is 0 Å². The Morgan fingerprint density at radius 1 is 1.19 bits per heavy atom. The first-order valence-electron chi connectivity index (χ1n) is 5.66. The summed E-state index contributed by atoms with van der Waals surface area (Å²) in [5.74, 6) is -3.70. The second-order valence-corrected chi connectivity index (χ2v) is 4.26. The summed E-state index contributed by atoms with van der Waals surface area (Å²) in [5.41, 5.74) is 5.23. The molecule has 11 heteroatoms. The summed E-state index contributed by atoms with van der Waals surface area (Å²) in [6.07, 6.45) is -0.235.